The standard InChI is InChI=1S/C15H12F3N3O4S/c1-24-9-5-3-2-4-7(9)11-8(6-10(22)25-11)12(23)19-14-21-20-13(26-14)15(16,17)18/h2-5,8,11H,6H2,1H3,(H,19,21,23)/t8-,11?/m1/s1. The molecule has 1 unspecified atom stereocenters. The van der Waals surface area contributed by atoms with Crippen LogP contribution in [0.25, 0.3) is 0 Å². The third-order valence-corrected chi connectivity index (χ3v) is 4.57. The minimum absolute atomic E-state index is 0.203. The van der Waals surface area contributed by atoms with Crippen molar-refractivity contribution < 1.29 is 32.2 Å². The van der Waals surface area contributed by atoms with Crippen LogP contribution in [0, 0.1) is 5.92 Å². The predicted octanol–water partition coefficient (Wildman–Crippen LogP) is 2.81. The van der Waals surface area contributed by atoms with Gasteiger partial charge in [0.05, 0.1) is 19.4 Å². The topological polar surface area (TPSA) is 90.4 Å². The number of para-hydroxylation sites is 1. The van der Waals surface area contributed by atoms with Gasteiger partial charge in [0.15, 0.2) is 0 Å². The zero-order valence-corrected chi connectivity index (χ0v) is 14.1. The second-order valence-electron chi connectivity index (χ2n) is 5.36. The van der Waals surface area contributed by atoms with Gasteiger partial charge in [-0.25, -0.2) is 0 Å². The first kappa shape index (κ1) is 18.1. The van der Waals surface area contributed by atoms with Gasteiger partial charge < -0.3 is 14.8 Å². The molecule has 2 heterocycles. The fourth-order valence-corrected chi connectivity index (χ4v) is 3.17. The quantitative estimate of drug-likeness (QED) is 0.812. The number of anilines is 1. The summed E-state index contributed by atoms with van der Waals surface area (Å²) in [4.78, 5) is 24.2. The molecule has 2 atom stereocenters. The summed E-state index contributed by atoms with van der Waals surface area (Å²) < 4.78 is 48.2. The number of nitrogens with one attached hydrogen (secondary N) is 1. The first-order valence-corrected chi connectivity index (χ1v) is 8.15. The summed E-state index contributed by atoms with van der Waals surface area (Å²) in [5.41, 5.74) is 0.495. The van der Waals surface area contributed by atoms with Gasteiger partial charge in [-0.3, -0.25) is 9.59 Å². The molecule has 0 aliphatic carbocycles. The Labute approximate surface area is 149 Å². The Hall–Kier alpha value is -2.69. The number of carbonyl (C=O) groups is 2. The number of amides is 1. The number of methoxy groups -OCH3 is 1. The van der Waals surface area contributed by atoms with Gasteiger partial charge in [0.25, 0.3) is 0 Å². The maximum atomic E-state index is 12.6. The third-order valence-electron chi connectivity index (χ3n) is 3.69. The number of hydrogen-bond acceptors (Lipinski definition) is 7. The smallest absolute Gasteiger partial charge is 0.445 e. The fourth-order valence-electron chi connectivity index (χ4n) is 2.56. The molecule has 1 amide bonds. The normalized spacial score (nSPS) is 19.9. The van der Waals surface area contributed by atoms with Crippen LogP contribution in [0.2, 0.25) is 0 Å². The largest absolute Gasteiger partial charge is 0.496 e. The van der Waals surface area contributed by atoms with Crippen molar-refractivity contribution in [3.8, 4) is 5.75 Å². The van der Waals surface area contributed by atoms with E-state index in [4.69, 9.17) is 9.47 Å². The minimum Gasteiger partial charge on any atom is -0.496 e. The van der Waals surface area contributed by atoms with Gasteiger partial charge in [-0.05, 0) is 6.07 Å². The molecule has 138 valence electrons. The molecule has 2 aromatic rings. The van der Waals surface area contributed by atoms with Crippen molar-refractivity contribution in [2.24, 2.45) is 5.92 Å². The number of alkyl halides is 3. The van der Waals surface area contributed by atoms with E-state index in [1.807, 2.05) is 0 Å². The lowest BCUT2D eigenvalue weighted by atomic mass is 9.94. The SMILES string of the molecule is COc1ccccc1C1OC(=O)C[C@H]1C(=O)Nc1nnc(C(F)(F)F)s1. The number of benzene rings is 1. The summed E-state index contributed by atoms with van der Waals surface area (Å²) in [5, 5.41) is 7.10. The number of rotatable bonds is 4. The second kappa shape index (κ2) is 6.90. The number of aromatic nitrogens is 2. The summed E-state index contributed by atoms with van der Waals surface area (Å²) in [6.45, 7) is 0. The van der Waals surface area contributed by atoms with Gasteiger partial charge >= 0.3 is 12.1 Å². The van der Waals surface area contributed by atoms with Crippen LogP contribution in [0.15, 0.2) is 24.3 Å². The monoisotopic (exact) mass is 387 g/mol. The fraction of sp³-hybridized carbons (Fsp3) is 0.333. The maximum Gasteiger partial charge on any atom is 0.445 e. The molecule has 1 fully saturated rings. The number of nitrogens with zero attached hydrogens (tertiary/aromatic N) is 2. The summed E-state index contributed by atoms with van der Waals surface area (Å²) in [6.07, 6.45) is -5.76. The molecule has 7 nitrogen and oxygen atoms in total. The van der Waals surface area contributed by atoms with Gasteiger partial charge in [-0.15, -0.1) is 10.2 Å². The summed E-state index contributed by atoms with van der Waals surface area (Å²) in [6, 6.07) is 6.71. The van der Waals surface area contributed by atoms with Crippen molar-refractivity contribution in [3.63, 3.8) is 0 Å². The highest BCUT2D eigenvalue weighted by Gasteiger charge is 2.43. The maximum absolute atomic E-state index is 12.6. The van der Waals surface area contributed by atoms with Crippen molar-refractivity contribution in [2.75, 3.05) is 12.4 Å². The molecule has 1 aromatic carbocycles. The van der Waals surface area contributed by atoms with Crippen LogP contribution in [-0.4, -0.2) is 29.2 Å². The molecule has 1 aromatic heterocycles. The third kappa shape index (κ3) is 3.62. The van der Waals surface area contributed by atoms with Gasteiger partial charge in [-0.1, -0.05) is 29.5 Å². The molecule has 1 saturated heterocycles. The summed E-state index contributed by atoms with van der Waals surface area (Å²) >= 11 is 0.203. The van der Waals surface area contributed by atoms with Crippen LogP contribution in [0.5, 0.6) is 5.75 Å². The lowest BCUT2D eigenvalue weighted by Gasteiger charge is -2.19. The highest BCUT2D eigenvalue weighted by atomic mass is 32.1. The van der Waals surface area contributed by atoms with Crippen LogP contribution in [-0.2, 0) is 20.5 Å². The van der Waals surface area contributed by atoms with Crippen molar-refractivity contribution in [1.82, 2.24) is 10.2 Å². The van der Waals surface area contributed by atoms with Crippen molar-refractivity contribution in [3.05, 3.63) is 34.8 Å². The Morgan fingerprint density at radius 1 is 1.35 bits per heavy atom. The number of halogens is 3. The zero-order valence-electron chi connectivity index (χ0n) is 13.2. The Kier molecular flexibility index (Phi) is 4.81. The molecule has 0 spiro atoms. The summed E-state index contributed by atoms with van der Waals surface area (Å²) in [7, 11) is 1.44. The second-order valence-corrected chi connectivity index (χ2v) is 6.34. The average molecular weight is 387 g/mol. The van der Waals surface area contributed by atoms with Crippen molar-refractivity contribution in [2.45, 2.75) is 18.7 Å². The first-order valence-electron chi connectivity index (χ1n) is 7.33. The van der Waals surface area contributed by atoms with E-state index >= 15 is 0 Å². The number of hydrogen-bond donors (Lipinski definition) is 1. The number of ether oxygens (including phenoxy) is 2. The Morgan fingerprint density at radius 3 is 2.73 bits per heavy atom. The minimum atomic E-state index is -4.65. The number of esters is 1. The molecule has 0 bridgehead atoms. The molecular weight excluding hydrogens is 375 g/mol. The Morgan fingerprint density at radius 2 is 2.08 bits per heavy atom. The van der Waals surface area contributed by atoms with E-state index in [1.165, 1.54) is 7.11 Å². The van der Waals surface area contributed by atoms with Gasteiger partial charge in [0.1, 0.15) is 11.9 Å². The molecule has 1 aliphatic heterocycles. The van der Waals surface area contributed by atoms with Gasteiger partial charge in [-0.2, -0.15) is 13.2 Å². The van der Waals surface area contributed by atoms with Crippen molar-refractivity contribution in [1.29, 1.82) is 0 Å². The average Bonchev–Trinajstić information content (AvgIpc) is 3.21. The molecule has 11 heteroatoms. The lowest BCUT2D eigenvalue weighted by molar-refractivity contribution is -0.142. The van der Waals surface area contributed by atoms with Gasteiger partial charge in [0.2, 0.25) is 16.0 Å². The number of carbonyl (C=O) groups excluding carboxylic acids is 2. The summed E-state index contributed by atoms with van der Waals surface area (Å²) in [5.74, 6) is -1.77. The molecule has 0 saturated carbocycles. The molecule has 3 rings (SSSR count). The van der Waals surface area contributed by atoms with E-state index in [-0.39, 0.29) is 22.9 Å². The highest BCUT2D eigenvalue weighted by Crippen LogP contribution is 2.40. The van der Waals surface area contributed by atoms with Crippen LogP contribution in [0.4, 0.5) is 18.3 Å². The Balaban J connectivity index is 1.81. The predicted molar refractivity (Wildman–Crippen MR) is 83.5 cm³/mol. The van der Waals surface area contributed by atoms with E-state index in [0.717, 1.165) is 0 Å². The molecular formula is C15H12F3N3O4S. The van der Waals surface area contributed by atoms with E-state index in [9.17, 15) is 22.8 Å². The zero-order chi connectivity index (χ0) is 18.9. The van der Waals surface area contributed by atoms with Crippen LogP contribution in [0.1, 0.15) is 23.1 Å². The lowest BCUT2D eigenvalue weighted by Crippen LogP contribution is -2.25. The molecule has 1 N–H and O–H groups in total. The Bertz CT molecular complexity index is 840. The molecule has 0 radical (unpaired) electrons. The van der Waals surface area contributed by atoms with E-state index in [0.29, 0.717) is 11.3 Å². The van der Waals surface area contributed by atoms with Crippen molar-refractivity contribution >= 4 is 28.3 Å². The van der Waals surface area contributed by atoms with E-state index in [1.54, 1.807) is 24.3 Å². The highest BCUT2D eigenvalue weighted by molar-refractivity contribution is 7.15. The first-order chi connectivity index (χ1) is 12.3. The molecule has 26 heavy (non-hydrogen) atoms. The van der Waals surface area contributed by atoms with Crippen LogP contribution >= 0.6 is 11.3 Å². The van der Waals surface area contributed by atoms with Crippen LogP contribution in [0.3, 0.4) is 0 Å². The molecule has 1 aliphatic rings. The van der Waals surface area contributed by atoms with E-state index in [2.05, 4.69) is 15.5 Å². The number of cyclic esters (lactones) is 1. The van der Waals surface area contributed by atoms with Gasteiger partial charge in [0, 0.05) is 5.56 Å². The van der Waals surface area contributed by atoms with Crippen LogP contribution < -0.4 is 10.1 Å². The van der Waals surface area contributed by atoms with E-state index < -0.39 is 35.1 Å².